The van der Waals surface area contributed by atoms with Crippen LogP contribution in [0.2, 0.25) is 0 Å². The summed E-state index contributed by atoms with van der Waals surface area (Å²) in [5.74, 6) is 0. The highest BCUT2D eigenvalue weighted by Gasteiger charge is 2.08. The minimum Gasteiger partial charge on any atom is -0.379 e. The first-order valence-electron chi connectivity index (χ1n) is 7.29. The van der Waals surface area contributed by atoms with Crippen molar-refractivity contribution in [1.29, 1.82) is 0 Å². The molecule has 0 atom stereocenters. The van der Waals surface area contributed by atoms with Crippen LogP contribution in [0.3, 0.4) is 0 Å². The van der Waals surface area contributed by atoms with Crippen LogP contribution in [0.1, 0.15) is 0 Å². The Bertz CT molecular complexity index is 614. The zero-order valence-electron chi connectivity index (χ0n) is 12.3. The van der Waals surface area contributed by atoms with Gasteiger partial charge in [-0.2, -0.15) is 0 Å². The molecule has 2 aromatic heterocycles. The monoisotopic (exact) mass is 297 g/mol. The molecule has 1 aliphatic rings. The van der Waals surface area contributed by atoms with E-state index in [1.807, 2.05) is 41.3 Å². The van der Waals surface area contributed by atoms with Crippen molar-refractivity contribution in [3.05, 3.63) is 61.3 Å². The largest absolute Gasteiger partial charge is 0.379 e. The predicted molar refractivity (Wildman–Crippen MR) is 85.7 cm³/mol. The number of pyridine rings is 1. The summed E-state index contributed by atoms with van der Waals surface area (Å²) in [7, 11) is 0. The molecule has 22 heavy (non-hydrogen) atoms. The highest BCUT2D eigenvalue weighted by atomic mass is 16.5. The molecule has 0 amide bonds. The summed E-state index contributed by atoms with van der Waals surface area (Å²) >= 11 is 0. The summed E-state index contributed by atoms with van der Waals surface area (Å²) in [6.07, 6.45) is 7.15. The van der Waals surface area contributed by atoms with E-state index in [4.69, 9.17) is 4.74 Å². The van der Waals surface area contributed by atoms with Crippen molar-refractivity contribution in [1.82, 2.24) is 19.7 Å². The normalized spacial score (nSPS) is 15.1. The van der Waals surface area contributed by atoms with E-state index in [1.165, 1.54) is 5.39 Å². The number of fused-ring (bicyclic) bond motifs is 1. The van der Waals surface area contributed by atoms with E-state index >= 15 is 0 Å². The number of benzene rings is 1. The Morgan fingerprint density at radius 3 is 2.59 bits per heavy atom. The molecular formula is C16H19N5O. The van der Waals surface area contributed by atoms with Crippen molar-refractivity contribution in [2.24, 2.45) is 0 Å². The molecule has 0 bridgehead atoms. The first kappa shape index (κ1) is 14.5. The molecule has 1 saturated heterocycles. The van der Waals surface area contributed by atoms with Gasteiger partial charge in [-0.15, -0.1) is 0 Å². The maximum absolute atomic E-state index is 5.21. The molecule has 1 aromatic carbocycles. The van der Waals surface area contributed by atoms with Gasteiger partial charge in [0.1, 0.15) is 6.33 Å². The lowest BCUT2D eigenvalue weighted by Gasteiger charge is -2.27. The zero-order chi connectivity index (χ0) is 15.0. The van der Waals surface area contributed by atoms with Crippen LogP contribution in [-0.4, -0.2) is 46.0 Å². The molecule has 114 valence electrons. The van der Waals surface area contributed by atoms with Gasteiger partial charge in [0.2, 0.25) is 0 Å². The highest BCUT2D eigenvalue weighted by Crippen LogP contribution is 2.07. The summed E-state index contributed by atoms with van der Waals surface area (Å²) in [6.45, 7) is 3.42. The highest BCUT2D eigenvalue weighted by molar-refractivity contribution is 5.77. The molecular weight excluding hydrogens is 278 g/mol. The van der Waals surface area contributed by atoms with Crippen molar-refractivity contribution in [2.45, 2.75) is 0 Å². The Kier molecular flexibility index (Phi) is 4.96. The van der Waals surface area contributed by atoms with Gasteiger partial charge in [-0.25, -0.2) is 14.7 Å². The van der Waals surface area contributed by atoms with Crippen LogP contribution in [0.4, 0.5) is 0 Å². The van der Waals surface area contributed by atoms with Gasteiger partial charge in [-0.05, 0) is 12.1 Å². The van der Waals surface area contributed by atoms with E-state index in [0.717, 1.165) is 31.8 Å². The minimum atomic E-state index is 0.793. The molecule has 0 radical (unpaired) electrons. The average molecular weight is 297 g/mol. The summed E-state index contributed by atoms with van der Waals surface area (Å²) in [5.41, 5.74) is 4.23. The second-order valence-electron chi connectivity index (χ2n) is 4.87. The quantitative estimate of drug-likeness (QED) is 0.783. The first-order valence-corrected chi connectivity index (χ1v) is 7.29. The Morgan fingerprint density at radius 1 is 1.00 bits per heavy atom. The van der Waals surface area contributed by atoms with Crippen LogP contribution in [0.5, 0.6) is 0 Å². The number of aromatic nitrogens is 3. The maximum Gasteiger partial charge on any atom is 0.115 e. The lowest BCUT2D eigenvalue weighted by atomic mass is 10.2. The van der Waals surface area contributed by atoms with E-state index in [1.54, 1.807) is 12.5 Å². The fraction of sp³-hybridized carbons (Fsp3) is 0.250. The van der Waals surface area contributed by atoms with Crippen LogP contribution in [-0.2, 0) is 4.74 Å². The average Bonchev–Trinajstić information content (AvgIpc) is 3.10. The van der Waals surface area contributed by atoms with Crippen molar-refractivity contribution >= 4 is 10.9 Å². The number of hydrogen-bond acceptors (Lipinski definition) is 5. The molecule has 0 saturated carbocycles. The number of nitrogens with one attached hydrogen (secondary N) is 1. The Hall–Kier alpha value is -2.44. The van der Waals surface area contributed by atoms with Gasteiger partial charge in [0, 0.05) is 37.1 Å². The smallest absolute Gasteiger partial charge is 0.115 e. The van der Waals surface area contributed by atoms with E-state index in [-0.39, 0.29) is 0 Å². The molecule has 0 unspecified atom stereocenters. The zero-order valence-corrected chi connectivity index (χ0v) is 12.3. The van der Waals surface area contributed by atoms with Crippen molar-refractivity contribution < 1.29 is 4.74 Å². The number of hydrazine groups is 1. The lowest BCUT2D eigenvalue weighted by molar-refractivity contribution is 0.0426. The van der Waals surface area contributed by atoms with Crippen LogP contribution in [0.25, 0.3) is 10.9 Å². The van der Waals surface area contributed by atoms with Crippen LogP contribution < -0.4 is 5.53 Å². The minimum absolute atomic E-state index is 0.793. The van der Waals surface area contributed by atoms with Gasteiger partial charge >= 0.3 is 0 Å². The van der Waals surface area contributed by atoms with Gasteiger partial charge in [0.25, 0.3) is 0 Å². The standard InChI is InChI=1S/C9H7N.C7H12N4O/c1-2-6-9-8(4-1)5-3-7-10-9;1-2-11(7-8-1)9-10-3-5-12-6-4-10/h1-7H;1-2,7,9H,3-6H2. The third kappa shape index (κ3) is 4.03. The van der Waals surface area contributed by atoms with Gasteiger partial charge in [0.15, 0.2) is 0 Å². The fourth-order valence-electron chi connectivity index (χ4n) is 2.16. The van der Waals surface area contributed by atoms with Crippen LogP contribution in [0, 0.1) is 0 Å². The van der Waals surface area contributed by atoms with E-state index in [9.17, 15) is 0 Å². The molecule has 6 heteroatoms. The Balaban J connectivity index is 0.000000133. The van der Waals surface area contributed by atoms with Crippen LogP contribution in [0.15, 0.2) is 61.3 Å². The first-order chi connectivity index (χ1) is 10.9. The van der Waals surface area contributed by atoms with E-state index in [0.29, 0.717) is 0 Å². The molecule has 0 spiro atoms. The van der Waals surface area contributed by atoms with Gasteiger partial charge in [-0.3, -0.25) is 10.5 Å². The summed E-state index contributed by atoms with van der Waals surface area (Å²) < 4.78 is 7.04. The molecule has 0 aliphatic carbocycles. The summed E-state index contributed by atoms with van der Waals surface area (Å²) in [4.78, 5) is 8.11. The number of rotatable bonds is 2. The van der Waals surface area contributed by atoms with Crippen molar-refractivity contribution in [3.8, 4) is 0 Å². The molecule has 1 N–H and O–H groups in total. The number of morpholine rings is 1. The molecule has 1 aliphatic heterocycles. The number of hydrogen-bond donors (Lipinski definition) is 1. The molecule has 1 fully saturated rings. The number of nitrogens with zero attached hydrogens (tertiary/aromatic N) is 4. The lowest BCUT2D eigenvalue weighted by Crippen LogP contribution is -2.43. The fourth-order valence-corrected chi connectivity index (χ4v) is 2.16. The third-order valence-electron chi connectivity index (χ3n) is 3.28. The SMILES string of the molecule is c1ccc2ncccc2c1.c1cn(NN2CCOCC2)cn1. The van der Waals surface area contributed by atoms with Gasteiger partial charge in [-0.1, -0.05) is 24.3 Å². The summed E-state index contributed by atoms with van der Waals surface area (Å²) in [5, 5.41) is 3.30. The number of imidazole rings is 1. The number of ether oxygens (including phenoxy) is 1. The molecule has 3 heterocycles. The van der Waals surface area contributed by atoms with Crippen LogP contribution >= 0.6 is 0 Å². The second-order valence-corrected chi connectivity index (χ2v) is 4.87. The third-order valence-corrected chi connectivity index (χ3v) is 3.28. The number of para-hydroxylation sites is 1. The van der Waals surface area contributed by atoms with Crippen molar-refractivity contribution in [3.63, 3.8) is 0 Å². The maximum atomic E-state index is 5.21. The topological polar surface area (TPSA) is 55.2 Å². The predicted octanol–water partition coefficient (Wildman–Crippen LogP) is 1.91. The summed E-state index contributed by atoms with van der Waals surface area (Å²) in [6, 6.07) is 12.1. The second kappa shape index (κ2) is 7.53. The molecule has 4 rings (SSSR count). The van der Waals surface area contributed by atoms with Crippen molar-refractivity contribution in [2.75, 3.05) is 31.8 Å². The van der Waals surface area contributed by atoms with Gasteiger partial charge < -0.3 is 4.74 Å². The van der Waals surface area contributed by atoms with E-state index in [2.05, 4.69) is 32.6 Å². The Morgan fingerprint density at radius 2 is 1.82 bits per heavy atom. The Labute approximate surface area is 129 Å². The molecule has 3 aromatic rings. The molecule has 6 nitrogen and oxygen atoms in total. The van der Waals surface area contributed by atoms with Gasteiger partial charge in [0.05, 0.1) is 18.7 Å². The van der Waals surface area contributed by atoms with E-state index < -0.39 is 0 Å².